The molecule has 0 radical (unpaired) electrons. The van der Waals surface area contributed by atoms with Crippen molar-refractivity contribution in [2.75, 3.05) is 20.8 Å². The van der Waals surface area contributed by atoms with Gasteiger partial charge in [-0.1, -0.05) is 61.5 Å². The fraction of sp³-hybridized carbons (Fsp3) is 0.839. The molecule has 1 aliphatic heterocycles. The summed E-state index contributed by atoms with van der Waals surface area (Å²) >= 11 is 0. The summed E-state index contributed by atoms with van der Waals surface area (Å²) in [5.74, 6) is -0.236. The quantitative estimate of drug-likeness (QED) is 0.199. The molecule has 0 spiro atoms. The van der Waals surface area contributed by atoms with Gasteiger partial charge in [0.2, 0.25) is 5.91 Å². The molecule has 0 aromatic heterocycles. The van der Waals surface area contributed by atoms with Crippen molar-refractivity contribution in [3.63, 3.8) is 0 Å². The highest BCUT2D eigenvalue weighted by molar-refractivity contribution is 5.79. The van der Waals surface area contributed by atoms with E-state index in [-0.39, 0.29) is 71.9 Å². The molecular formula is C31H55NO7. The third-order valence-electron chi connectivity index (χ3n) is 7.94. The number of amides is 1. The molecule has 0 aromatic carbocycles. The van der Waals surface area contributed by atoms with Crippen molar-refractivity contribution >= 4 is 17.8 Å². The second-order valence-electron chi connectivity index (χ2n) is 11.8. The van der Waals surface area contributed by atoms with Crippen LogP contribution in [0.2, 0.25) is 0 Å². The van der Waals surface area contributed by atoms with Crippen LogP contribution in [-0.4, -0.2) is 67.9 Å². The first-order chi connectivity index (χ1) is 18.4. The number of hydrogen-bond acceptors (Lipinski definition) is 7. The second-order valence-corrected chi connectivity index (χ2v) is 11.8. The van der Waals surface area contributed by atoms with Crippen molar-refractivity contribution in [1.29, 1.82) is 0 Å². The van der Waals surface area contributed by atoms with Crippen LogP contribution in [0.25, 0.3) is 0 Å². The van der Waals surface area contributed by atoms with E-state index < -0.39 is 0 Å². The van der Waals surface area contributed by atoms with E-state index in [1.165, 1.54) is 0 Å². The highest BCUT2D eigenvalue weighted by Gasteiger charge is 2.34. The van der Waals surface area contributed by atoms with Crippen LogP contribution in [0.4, 0.5) is 0 Å². The van der Waals surface area contributed by atoms with Gasteiger partial charge in [0.05, 0.1) is 18.1 Å². The van der Waals surface area contributed by atoms with Gasteiger partial charge < -0.3 is 23.8 Å². The zero-order chi connectivity index (χ0) is 29.7. The molecule has 0 saturated carbocycles. The number of ether oxygens (including phenoxy) is 4. The topological polar surface area (TPSA) is 91.4 Å². The number of hydrogen-bond donors (Lipinski definition) is 0. The molecule has 7 atom stereocenters. The van der Waals surface area contributed by atoms with Crippen LogP contribution in [0, 0.1) is 29.6 Å². The monoisotopic (exact) mass is 553 g/mol. The van der Waals surface area contributed by atoms with Crippen molar-refractivity contribution in [2.24, 2.45) is 29.6 Å². The van der Waals surface area contributed by atoms with Crippen LogP contribution in [0.15, 0.2) is 12.3 Å². The number of carbonyl (C=O) groups excluding carboxylic acids is 3. The van der Waals surface area contributed by atoms with E-state index in [4.69, 9.17) is 18.9 Å². The molecule has 1 rings (SSSR count). The third-order valence-corrected chi connectivity index (χ3v) is 7.94. The lowest BCUT2D eigenvalue weighted by atomic mass is 9.84. The van der Waals surface area contributed by atoms with Crippen molar-refractivity contribution in [3.05, 3.63) is 12.3 Å². The Hall–Kier alpha value is -1.93. The SMILES string of the molecule is CCC(=O)O[C@@H](C[C@H](OC)[C@@H](C)CC[C@@H](OC(=O)C(C)C)[C@H](C)[C@H](OC)[C@H](C)/C=C/N1CCCC1=O)C(C)C. The van der Waals surface area contributed by atoms with Crippen LogP contribution in [0.5, 0.6) is 0 Å². The van der Waals surface area contributed by atoms with Gasteiger partial charge in [0.1, 0.15) is 12.2 Å². The van der Waals surface area contributed by atoms with Crippen molar-refractivity contribution < 1.29 is 33.3 Å². The normalized spacial score (nSPS) is 19.7. The summed E-state index contributed by atoms with van der Waals surface area (Å²) in [6, 6.07) is 0. The number of methoxy groups -OCH3 is 2. The number of nitrogens with zero attached hydrogens (tertiary/aromatic N) is 1. The zero-order valence-electron chi connectivity index (χ0n) is 26.1. The fourth-order valence-electron chi connectivity index (χ4n) is 5.12. The third kappa shape index (κ3) is 11.6. The summed E-state index contributed by atoms with van der Waals surface area (Å²) < 4.78 is 23.5. The fourth-order valence-corrected chi connectivity index (χ4v) is 5.12. The minimum atomic E-state index is -0.340. The molecule has 0 unspecified atom stereocenters. The van der Waals surface area contributed by atoms with E-state index in [1.807, 2.05) is 40.0 Å². The molecule has 1 amide bonds. The average molecular weight is 554 g/mol. The predicted molar refractivity (Wildman–Crippen MR) is 153 cm³/mol. The molecule has 0 N–H and O–H groups in total. The van der Waals surface area contributed by atoms with E-state index in [1.54, 1.807) is 26.0 Å². The largest absolute Gasteiger partial charge is 0.462 e. The maximum Gasteiger partial charge on any atom is 0.308 e. The van der Waals surface area contributed by atoms with Gasteiger partial charge in [-0.05, 0) is 31.1 Å². The smallest absolute Gasteiger partial charge is 0.308 e. The first-order valence-corrected chi connectivity index (χ1v) is 14.8. The minimum absolute atomic E-state index is 0.0165. The summed E-state index contributed by atoms with van der Waals surface area (Å²) in [5.41, 5.74) is 0. The lowest BCUT2D eigenvalue weighted by molar-refractivity contribution is -0.159. The highest BCUT2D eigenvalue weighted by Crippen LogP contribution is 2.30. The first-order valence-electron chi connectivity index (χ1n) is 14.8. The number of rotatable bonds is 18. The van der Waals surface area contributed by atoms with E-state index >= 15 is 0 Å². The van der Waals surface area contributed by atoms with E-state index in [0.29, 0.717) is 25.7 Å². The predicted octanol–water partition coefficient (Wildman–Crippen LogP) is 5.78. The summed E-state index contributed by atoms with van der Waals surface area (Å²) in [7, 11) is 3.38. The Kier molecular flexibility index (Phi) is 15.9. The Balaban J connectivity index is 2.97. The second kappa shape index (κ2) is 17.7. The lowest BCUT2D eigenvalue weighted by Crippen LogP contribution is -2.39. The Morgan fingerprint density at radius 1 is 0.923 bits per heavy atom. The standard InChI is InChI=1S/C31H55NO7/c1-11-29(34)38-26(20(2)3)19-27(36-9)22(6)14-15-25(39-31(35)21(4)5)24(8)30(37-10)23(7)16-18-32-17-12-13-28(32)33/h16,18,20-27,30H,11-15,17,19H2,1-10H3/b18-16+/t22-,23+,24-,25+,26-,27-,30+/m0/s1. The van der Waals surface area contributed by atoms with Crippen molar-refractivity contribution in [2.45, 2.75) is 118 Å². The molecular weight excluding hydrogens is 498 g/mol. The average Bonchev–Trinajstić information content (AvgIpc) is 3.31. The Bertz CT molecular complexity index is 781. The molecule has 0 aliphatic carbocycles. The first kappa shape index (κ1) is 35.1. The summed E-state index contributed by atoms with van der Waals surface area (Å²) in [6.45, 7) is 16.6. The van der Waals surface area contributed by atoms with Gasteiger partial charge in [-0.2, -0.15) is 0 Å². The van der Waals surface area contributed by atoms with Crippen molar-refractivity contribution in [1.82, 2.24) is 4.90 Å². The van der Waals surface area contributed by atoms with Crippen LogP contribution < -0.4 is 0 Å². The maximum absolute atomic E-state index is 12.7. The maximum atomic E-state index is 12.7. The van der Waals surface area contributed by atoms with Gasteiger partial charge >= 0.3 is 11.9 Å². The molecule has 226 valence electrons. The zero-order valence-corrected chi connectivity index (χ0v) is 26.1. The van der Waals surface area contributed by atoms with Gasteiger partial charge in [0, 0.05) is 58.1 Å². The molecule has 8 heteroatoms. The van der Waals surface area contributed by atoms with Crippen LogP contribution in [-0.2, 0) is 33.3 Å². The molecule has 0 bridgehead atoms. The molecule has 1 fully saturated rings. The van der Waals surface area contributed by atoms with Gasteiger partial charge in [-0.3, -0.25) is 14.4 Å². The Morgan fingerprint density at radius 2 is 1.59 bits per heavy atom. The van der Waals surface area contributed by atoms with E-state index in [9.17, 15) is 14.4 Å². The molecule has 1 heterocycles. The van der Waals surface area contributed by atoms with Crippen molar-refractivity contribution in [3.8, 4) is 0 Å². The van der Waals surface area contributed by atoms with E-state index in [0.717, 1.165) is 19.4 Å². The Morgan fingerprint density at radius 3 is 2.08 bits per heavy atom. The van der Waals surface area contributed by atoms with Gasteiger partial charge in [0.15, 0.2) is 0 Å². The van der Waals surface area contributed by atoms with Gasteiger partial charge in [-0.25, -0.2) is 0 Å². The van der Waals surface area contributed by atoms with E-state index in [2.05, 4.69) is 20.8 Å². The molecule has 39 heavy (non-hydrogen) atoms. The number of carbonyl (C=O) groups is 3. The van der Waals surface area contributed by atoms with Crippen LogP contribution >= 0.6 is 0 Å². The molecule has 1 saturated heterocycles. The molecule has 8 nitrogen and oxygen atoms in total. The summed E-state index contributed by atoms with van der Waals surface area (Å²) in [5, 5.41) is 0. The van der Waals surface area contributed by atoms with Crippen LogP contribution in [0.1, 0.15) is 93.9 Å². The van der Waals surface area contributed by atoms with Gasteiger partial charge in [0.25, 0.3) is 0 Å². The number of likely N-dealkylation sites (tertiary alicyclic amines) is 1. The summed E-state index contributed by atoms with van der Waals surface area (Å²) in [6.07, 6.45) is 6.90. The molecule has 1 aliphatic rings. The molecule has 0 aromatic rings. The van der Waals surface area contributed by atoms with Crippen LogP contribution in [0.3, 0.4) is 0 Å². The lowest BCUT2D eigenvalue weighted by Gasteiger charge is -2.34. The summed E-state index contributed by atoms with van der Waals surface area (Å²) in [4.78, 5) is 38.4. The highest BCUT2D eigenvalue weighted by atomic mass is 16.6. The number of esters is 2. The Labute approximate surface area is 237 Å². The minimum Gasteiger partial charge on any atom is -0.462 e. The van der Waals surface area contributed by atoms with Gasteiger partial charge in [-0.15, -0.1) is 0 Å².